The SMILES string of the molecule is CCn1c(SCC(=O)NC(C)c2ccc(CC(C)C)cc2)nc2ccccc2c1=O. The highest BCUT2D eigenvalue weighted by Crippen LogP contribution is 2.19. The molecule has 0 aliphatic heterocycles. The normalized spacial score (nSPS) is 12.3. The summed E-state index contributed by atoms with van der Waals surface area (Å²) in [5.74, 6) is 0.749. The van der Waals surface area contributed by atoms with Crippen LogP contribution in [0, 0.1) is 5.92 Å². The minimum Gasteiger partial charge on any atom is -0.349 e. The van der Waals surface area contributed by atoms with Gasteiger partial charge in [-0.3, -0.25) is 14.2 Å². The van der Waals surface area contributed by atoms with Crippen LogP contribution in [0.5, 0.6) is 0 Å². The second-order valence-electron chi connectivity index (χ2n) is 7.88. The second-order valence-corrected chi connectivity index (χ2v) is 8.82. The van der Waals surface area contributed by atoms with Crippen molar-refractivity contribution in [3.63, 3.8) is 0 Å². The first-order valence-corrected chi connectivity index (χ1v) is 11.4. The number of fused-ring (bicyclic) bond motifs is 1. The van der Waals surface area contributed by atoms with E-state index in [-0.39, 0.29) is 23.3 Å². The molecule has 0 saturated carbocycles. The zero-order valence-electron chi connectivity index (χ0n) is 18.0. The Morgan fingerprint density at radius 2 is 1.80 bits per heavy atom. The molecule has 0 fully saturated rings. The molecule has 1 heterocycles. The number of thioether (sulfide) groups is 1. The molecule has 1 aromatic heterocycles. The Balaban J connectivity index is 1.65. The third kappa shape index (κ3) is 5.30. The van der Waals surface area contributed by atoms with E-state index < -0.39 is 0 Å². The van der Waals surface area contributed by atoms with Crippen molar-refractivity contribution in [2.24, 2.45) is 5.92 Å². The maximum absolute atomic E-state index is 12.7. The van der Waals surface area contributed by atoms with Gasteiger partial charge in [-0.2, -0.15) is 0 Å². The number of carbonyl (C=O) groups is 1. The average molecular weight is 424 g/mol. The van der Waals surface area contributed by atoms with Crippen LogP contribution >= 0.6 is 11.8 Å². The highest BCUT2D eigenvalue weighted by atomic mass is 32.2. The summed E-state index contributed by atoms with van der Waals surface area (Å²) < 4.78 is 1.62. The lowest BCUT2D eigenvalue weighted by Crippen LogP contribution is -2.29. The van der Waals surface area contributed by atoms with Crippen LogP contribution in [0.15, 0.2) is 58.5 Å². The lowest BCUT2D eigenvalue weighted by molar-refractivity contribution is -0.119. The predicted molar refractivity (Wildman–Crippen MR) is 124 cm³/mol. The van der Waals surface area contributed by atoms with E-state index >= 15 is 0 Å². The molecule has 0 aliphatic rings. The number of nitrogens with zero attached hydrogens (tertiary/aromatic N) is 2. The largest absolute Gasteiger partial charge is 0.349 e. The van der Waals surface area contributed by atoms with Gasteiger partial charge in [0.25, 0.3) is 5.56 Å². The molecule has 158 valence electrons. The second kappa shape index (κ2) is 9.94. The van der Waals surface area contributed by atoms with Crippen LogP contribution in [0.4, 0.5) is 0 Å². The summed E-state index contributed by atoms with van der Waals surface area (Å²) in [6.45, 7) is 8.82. The fourth-order valence-electron chi connectivity index (χ4n) is 3.45. The quantitative estimate of drug-likeness (QED) is 0.425. The number of para-hydroxylation sites is 1. The molecule has 5 nitrogen and oxygen atoms in total. The Labute approximate surface area is 181 Å². The third-order valence-corrected chi connectivity index (χ3v) is 5.95. The van der Waals surface area contributed by atoms with E-state index in [0.29, 0.717) is 28.5 Å². The van der Waals surface area contributed by atoms with Crippen LogP contribution in [0.1, 0.15) is 44.9 Å². The number of hydrogen-bond acceptors (Lipinski definition) is 4. The van der Waals surface area contributed by atoms with E-state index in [1.54, 1.807) is 10.6 Å². The fraction of sp³-hybridized carbons (Fsp3) is 0.375. The molecule has 1 amide bonds. The Morgan fingerprint density at radius 3 is 2.47 bits per heavy atom. The molecule has 3 rings (SSSR count). The highest BCUT2D eigenvalue weighted by molar-refractivity contribution is 7.99. The molecular formula is C24H29N3O2S. The number of benzene rings is 2. The Morgan fingerprint density at radius 1 is 1.10 bits per heavy atom. The smallest absolute Gasteiger partial charge is 0.262 e. The summed E-state index contributed by atoms with van der Waals surface area (Å²) in [5, 5.41) is 4.21. The molecule has 1 unspecified atom stereocenters. The molecule has 1 atom stereocenters. The van der Waals surface area contributed by atoms with Crippen LogP contribution in [-0.2, 0) is 17.8 Å². The molecule has 0 spiro atoms. The first kappa shape index (κ1) is 22.1. The molecule has 1 N–H and O–H groups in total. The summed E-state index contributed by atoms with van der Waals surface area (Å²) in [6.07, 6.45) is 1.05. The Hall–Kier alpha value is -2.60. The summed E-state index contributed by atoms with van der Waals surface area (Å²) in [7, 11) is 0. The van der Waals surface area contributed by atoms with E-state index in [4.69, 9.17) is 0 Å². The Kier molecular flexibility index (Phi) is 7.32. The minimum atomic E-state index is -0.0798. The van der Waals surface area contributed by atoms with Crippen LogP contribution in [0.2, 0.25) is 0 Å². The minimum absolute atomic E-state index is 0.0686. The van der Waals surface area contributed by atoms with Gasteiger partial charge in [-0.05, 0) is 49.4 Å². The molecule has 30 heavy (non-hydrogen) atoms. The van der Waals surface area contributed by atoms with Crippen molar-refractivity contribution in [2.45, 2.75) is 51.9 Å². The topological polar surface area (TPSA) is 64.0 Å². The van der Waals surface area contributed by atoms with Gasteiger partial charge < -0.3 is 5.32 Å². The first-order chi connectivity index (χ1) is 14.4. The molecule has 0 saturated heterocycles. The molecule has 0 radical (unpaired) electrons. The molecule has 0 bridgehead atoms. The van der Waals surface area contributed by atoms with Crippen molar-refractivity contribution in [3.05, 3.63) is 70.0 Å². The molecule has 2 aromatic carbocycles. The van der Waals surface area contributed by atoms with Crippen molar-refractivity contribution in [1.82, 2.24) is 14.9 Å². The van der Waals surface area contributed by atoms with Crippen LogP contribution in [0.3, 0.4) is 0 Å². The zero-order valence-corrected chi connectivity index (χ0v) is 18.8. The number of carbonyl (C=O) groups excluding carboxylic acids is 1. The van der Waals surface area contributed by atoms with Gasteiger partial charge in [-0.1, -0.05) is 62.0 Å². The zero-order chi connectivity index (χ0) is 21.7. The van der Waals surface area contributed by atoms with Crippen LogP contribution < -0.4 is 10.9 Å². The number of nitrogens with one attached hydrogen (secondary N) is 1. The van der Waals surface area contributed by atoms with E-state index in [2.05, 4.69) is 48.4 Å². The van der Waals surface area contributed by atoms with Gasteiger partial charge in [0.1, 0.15) is 0 Å². The highest BCUT2D eigenvalue weighted by Gasteiger charge is 2.14. The van der Waals surface area contributed by atoms with Crippen molar-refractivity contribution in [2.75, 3.05) is 5.75 Å². The molecule has 3 aromatic rings. The summed E-state index contributed by atoms with van der Waals surface area (Å²) in [6, 6.07) is 15.6. The summed E-state index contributed by atoms with van der Waals surface area (Å²) >= 11 is 1.29. The molecule has 0 aliphatic carbocycles. The van der Waals surface area contributed by atoms with E-state index in [1.165, 1.54) is 17.3 Å². The number of amides is 1. The van der Waals surface area contributed by atoms with Crippen molar-refractivity contribution in [1.29, 1.82) is 0 Å². The first-order valence-electron chi connectivity index (χ1n) is 10.4. The lowest BCUT2D eigenvalue weighted by atomic mass is 10.00. The summed E-state index contributed by atoms with van der Waals surface area (Å²) in [4.78, 5) is 29.8. The number of aromatic nitrogens is 2. The Bertz CT molecular complexity index is 1070. The monoisotopic (exact) mass is 423 g/mol. The number of hydrogen-bond donors (Lipinski definition) is 1. The van der Waals surface area contributed by atoms with Crippen LogP contribution in [0.25, 0.3) is 10.9 Å². The van der Waals surface area contributed by atoms with Gasteiger partial charge in [0.05, 0.1) is 22.7 Å². The third-order valence-electron chi connectivity index (χ3n) is 4.98. The van der Waals surface area contributed by atoms with Crippen molar-refractivity contribution >= 4 is 28.6 Å². The van der Waals surface area contributed by atoms with Gasteiger partial charge in [-0.15, -0.1) is 0 Å². The van der Waals surface area contributed by atoms with Crippen molar-refractivity contribution < 1.29 is 4.79 Å². The van der Waals surface area contributed by atoms with Crippen molar-refractivity contribution in [3.8, 4) is 0 Å². The maximum Gasteiger partial charge on any atom is 0.262 e. The average Bonchev–Trinajstić information content (AvgIpc) is 2.72. The van der Waals surface area contributed by atoms with E-state index in [1.807, 2.05) is 32.0 Å². The van der Waals surface area contributed by atoms with E-state index in [0.717, 1.165) is 12.0 Å². The maximum atomic E-state index is 12.7. The lowest BCUT2D eigenvalue weighted by Gasteiger charge is -2.16. The van der Waals surface area contributed by atoms with Gasteiger partial charge in [0.2, 0.25) is 5.91 Å². The van der Waals surface area contributed by atoms with Gasteiger partial charge >= 0.3 is 0 Å². The number of rotatable bonds is 8. The van der Waals surface area contributed by atoms with E-state index in [9.17, 15) is 9.59 Å². The van der Waals surface area contributed by atoms with Gasteiger partial charge in [-0.25, -0.2) is 4.98 Å². The summed E-state index contributed by atoms with van der Waals surface area (Å²) in [5.41, 5.74) is 2.98. The fourth-order valence-corrected chi connectivity index (χ4v) is 4.32. The molecule has 6 heteroatoms. The molecular weight excluding hydrogens is 394 g/mol. The van der Waals surface area contributed by atoms with Gasteiger partial charge in [0, 0.05) is 6.54 Å². The van der Waals surface area contributed by atoms with Gasteiger partial charge in [0.15, 0.2) is 5.16 Å². The predicted octanol–water partition coefficient (Wildman–Crippen LogP) is 4.58. The van der Waals surface area contributed by atoms with Crippen LogP contribution in [-0.4, -0.2) is 21.2 Å². The standard InChI is InChI=1S/C24H29N3O2S/c1-5-27-23(29)20-8-6-7-9-21(20)26-24(27)30-15-22(28)25-17(4)19-12-10-18(11-13-19)14-16(2)3/h6-13,16-17H,5,14-15H2,1-4H3,(H,25,28).